The van der Waals surface area contributed by atoms with Gasteiger partial charge in [-0.25, -0.2) is 0 Å². The maximum Gasteiger partial charge on any atom is -0.0445 e. The van der Waals surface area contributed by atoms with E-state index in [9.17, 15) is 0 Å². The molecule has 110 valence electrons. The molecule has 0 aliphatic heterocycles. The summed E-state index contributed by atoms with van der Waals surface area (Å²) in [6.45, 7) is 19.3. The van der Waals surface area contributed by atoms with Crippen LogP contribution in [0.25, 0.3) is 0 Å². The highest BCUT2D eigenvalue weighted by atomic mass is 14.0. The Hall–Kier alpha value is 0. The number of unbranched alkanes of at least 4 members (excludes halogenated alkanes) is 3. The molecule has 17 heavy (non-hydrogen) atoms. The van der Waals surface area contributed by atoms with Crippen molar-refractivity contribution >= 4 is 0 Å². The van der Waals surface area contributed by atoms with E-state index in [0.717, 1.165) is 5.92 Å². The lowest BCUT2D eigenvalue weighted by molar-refractivity contribution is 0.492. The van der Waals surface area contributed by atoms with Gasteiger partial charge in [-0.3, -0.25) is 0 Å². The van der Waals surface area contributed by atoms with Crippen LogP contribution in [0.3, 0.4) is 0 Å². The van der Waals surface area contributed by atoms with Gasteiger partial charge >= 0.3 is 0 Å². The fraction of sp³-hybridized carbons (Fsp3) is 1.00. The van der Waals surface area contributed by atoms with Crippen molar-refractivity contribution in [2.75, 3.05) is 0 Å². The van der Waals surface area contributed by atoms with Gasteiger partial charge in [0.25, 0.3) is 0 Å². The van der Waals surface area contributed by atoms with Crippen LogP contribution in [-0.2, 0) is 0 Å². The number of hydrogen-bond acceptors (Lipinski definition) is 0. The Morgan fingerprint density at radius 2 is 1.00 bits per heavy atom. The summed E-state index contributed by atoms with van der Waals surface area (Å²) in [7, 11) is 0. The number of hydrogen-bond donors (Lipinski definition) is 0. The molecule has 0 aromatic rings. The van der Waals surface area contributed by atoms with E-state index in [1.54, 1.807) is 0 Å². The van der Waals surface area contributed by atoms with Crippen LogP contribution in [0.5, 0.6) is 0 Å². The summed E-state index contributed by atoms with van der Waals surface area (Å²) >= 11 is 0. The lowest BCUT2D eigenvalue weighted by Crippen LogP contribution is -1.89. The molecule has 0 radical (unpaired) electrons. The Bertz CT molecular complexity index is 64.4. The van der Waals surface area contributed by atoms with Crippen LogP contribution in [-0.4, -0.2) is 0 Å². The molecule has 0 spiro atoms. The van der Waals surface area contributed by atoms with Gasteiger partial charge < -0.3 is 0 Å². The predicted octanol–water partition coefficient (Wildman–Crippen LogP) is 7.47. The van der Waals surface area contributed by atoms with Crippen molar-refractivity contribution in [2.45, 2.75) is 107 Å². The van der Waals surface area contributed by atoms with E-state index >= 15 is 0 Å². The van der Waals surface area contributed by atoms with Gasteiger partial charge in [-0.2, -0.15) is 0 Å². The smallest absolute Gasteiger partial charge is 0.0445 e. The molecule has 1 atom stereocenters. The number of rotatable bonds is 6. The fourth-order valence-electron chi connectivity index (χ4n) is 1.11. The molecule has 0 saturated heterocycles. The molecule has 0 aliphatic carbocycles. The Morgan fingerprint density at radius 1 is 0.647 bits per heavy atom. The first-order valence-electron chi connectivity index (χ1n) is 8.22. The van der Waals surface area contributed by atoms with Gasteiger partial charge in [-0.1, -0.05) is 107 Å². The van der Waals surface area contributed by atoms with Gasteiger partial charge in [-0.15, -0.1) is 0 Å². The van der Waals surface area contributed by atoms with Crippen LogP contribution in [0.1, 0.15) is 107 Å². The summed E-state index contributed by atoms with van der Waals surface area (Å²) in [5.74, 6) is 0.954. The van der Waals surface area contributed by atoms with Crippen molar-refractivity contribution in [1.82, 2.24) is 0 Å². The van der Waals surface area contributed by atoms with Crippen molar-refractivity contribution in [1.29, 1.82) is 0 Å². The zero-order valence-corrected chi connectivity index (χ0v) is 14.5. The van der Waals surface area contributed by atoms with E-state index in [0.29, 0.717) is 0 Å². The van der Waals surface area contributed by atoms with Crippen molar-refractivity contribution in [3.05, 3.63) is 0 Å². The molecule has 0 N–H and O–H groups in total. The van der Waals surface area contributed by atoms with Gasteiger partial charge in [0.05, 0.1) is 0 Å². The lowest BCUT2D eigenvalue weighted by Gasteiger charge is -2.04. The maximum absolute atomic E-state index is 2.33. The summed E-state index contributed by atoms with van der Waals surface area (Å²) in [6, 6.07) is 0. The summed E-state index contributed by atoms with van der Waals surface area (Å²) in [6.07, 6.45) is 9.61. The van der Waals surface area contributed by atoms with E-state index < -0.39 is 0 Å². The minimum absolute atomic E-state index is 0.954. The average Bonchev–Trinajstić information content (AvgIpc) is 2.42. The molecule has 0 rings (SSSR count). The second-order valence-corrected chi connectivity index (χ2v) is 4.01. The Kier molecular flexibility index (Phi) is 54.5. The van der Waals surface area contributed by atoms with E-state index in [2.05, 4.69) is 34.6 Å². The molecule has 0 heterocycles. The minimum atomic E-state index is 0.954. The van der Waals surface area contributed by atoms with Gasteiger partial charge in [-0.05, 0) is 5.92 Å². The topological polar surface area (TPSA) is 0 Å². The third kappa shape index (κ3) is 49.0. The van der Waals surface area contributed by atoms with E-state index in [4.69, 9.17) is 0 Å². The maximum atomic E-state index is 2.33. The first kappa shape index (κ1) is 25.8. The van der Waals surface area contributed by atoms with Crippen molar-refractivity contribution in [3.8, 4) is 0 Å². The van der Waals surface area contributed by atoms with Gasteiger partial charge in [0.15, 0.2) is 0 Å². The summed E-state index contributed by atoms with van der Waals surface area (Å²) in [5, 5.41) is 0. The van der Waals surface area contributed by atoms with Crippen LogP contribution in [0.2, 0.25) is 0 Å². The molecule has 0 aliphatic rings. The van der Waals surface area contributed by atoms with Crippen LogP contribution in [0, 0.1) is 5.92 Å². The monoisotopic (exact) mass is 246 g/mol. The molecule has 0 fully saturated rings. The lowest BCUT2D eigenvalue weighted by atomic mass is 10.0. The molecule has 0 aromatic carbocycles. The molecule has 0 nitrogen and oxygen atoms in total. The standard InChI is InChI=1S/C8H18.C5H12.2C2H6/c1-4-6-7-8(3)5-2;1-3-5-4-2;2*1-2/h8H,4-7H2,1-3H3;3-5H2,1-2H3;2*1-2H3. The largest absolute Gasteiger partial charge is 0.0683 e. The molecule has 0 bridgehead atoms. The quantitative estimate of drug-likeness (QED) is 0.456. The molecule has 1 unspecified atom stereocenters. The predicted molar refractivity (Wildman–Crippen MR) is 86.9 cm³/mol. The van der Waals surface area contributed by atoms with Crippen LogP contribution in [0.4, 0.5) is 0 Å². The molecule has 0 aromatic heterocycles. The zero-order chi connectivity index (χ0) is 14.5. The highest BCUT2D eigenvalue weighted by Gasteiger charge is 1.94. The van der Waals surface area contributed by atoms with Crippen LogP contribution in [0.15, 0.2) is 0 Å². The minimum Gasteiger partial charge on any atom is -0.0683 e. The van der Waals surface area contributed by atoms with Crippen molar-refractivity contribution < 1.29 is 0 Å². The Morgan fingerprint density at radius 3 is 1.18 bits per heavy atom. The second-order valence-electron chi connectivity index (χ2n) is 4.01. The Labute approximate surface area is 114 Å². The third-order valence-corrected chi connectivity index (χ3v) is 2.45. The third-order valence-electron chi connectivity index (χ3n) is 2.45. The van der Waals surface area contributed by atoms with Crippen LogP contribution < -0.4 is 0 Å². The normalized spacial score (nSPS) is 9.71. The second kappa shape index (κ2) is 36.0. The molecule has 0 heteroatoms. The van der Waals surface area contributed by atoms with Crippen molar-refractivity contribution in [3.63, 3.8) is 0 Å². The Balaban J connectivity index is -0.0000000809. The molecule has 0 amide bonds. The van der Waals surface area contributed by atoms with Crippen LogP contribution >= 0.6 is 0 Å². The average molecular weight is 247 g/mol. The van der Waals surface area contributed by atoms with E-state index in [-0.39, 0.29) is 0 Å². The molecule has 0 saturated carbocycles. The summed E-state index contributed by atoms with van der Waals surface area (Å²) < 4.78 is 0. The first-order valence-corrected chi connectivity index (χ1v) is 8.22. The highest BCUT2D eigenvalue weighted by molar-refractivity contribution is 4.47. The summed E-state index contributed by atoms with van der Waals surface area (Å²) in [4.78, 5) is 0. The van der Waals surface area contributed by atoms with Gasteiger partial charge in [0, 0.05) is 0 Å². The SMILES string of the molecule is CC.CC.CCCCC.CCCCC(C)CC. The highest BCUT2D eigenvalue weighted by Crippen LogP contribution is 2.09. The molecular weight excluding hydrogens is 204 g/mol. The van der Waals surface area contributed by atoms with E-state index in [1.807, 2.05) is 27.7 Å². The van der Waals surface area contributed by atoms with Gasteiger partial charge in [0.2, 0.25) is 0 Å². The van der Waals surface area contributed by atoms with Gasteiger partial charge in [0.1, 0.15) is 0 Å². The first-order chi connectivity index (χ1) is 8.22. The van der Waals surface area contributed by atoms with Crippen molar-refractivity contribution in [2.24, 2.45) is 5.92 Å². The zero-order valence-electron chi connectivity index (χ0n) is 14.5. The fourth-order valence-corrected chi connectivity index (χ4v) is 1.11. The molecular formula is C17H42. The summed E-state index contributed by atoms with van der Waals surface area (Å²) in [5.41, 5.74) is 0. The van der Waals surface area contributed by atoms with E-state index in [1.165, 1.54) is 44.9 Å².